The van der Waals surface area contributed by atoms with Gasteiger partial charge in [0.2, 0.25) is 0 Å². The Balaban J connectivity index is 0.00000264. The topological polar surface area (TPSA) is 62.2 Å². The van der Waals surface area contributed by atoms with Crippen LogP contribution in [-0.4, -0.2) is 29.5 Å². The Morgan fingerprint density at radius 3 is 2.74 bits per heavy atom. The molecule has 0 aliphatic carbocycles. The number of pyridine rings is 1. The third-order valence-electron chi connectivity index (χ3n) is 3.19. The maximum absolute atomic E-state index is 4.61. The van der Waals surface area contributed by atoms with Gasteiger partial charge < -0.3 is 10.6 Å². The average molecular weight is 445 g/mol. The van der Waals surface area contributed by atoms with E-state index in [1.165, 1.54) is 0 Å². The van der Waals surface area contributed by atoms with Crippen LogP contribution in [0.2, 0.25) is 0 Å². The lowest BCUT2D eigenvalue weighted by molar-refractivity contribution is 0.772. The predicted molar refractivity (Wildman–Crippen MR) is 108 cm³/mol. The van der Waals surface area contributed by atoms with Crippen molar-refractivity contribution in [1.82, 2.24) is 20.6 Å². The first kappa shape index (κ1) is 19.8. The molecule has 2 aromatic heterocycles. The Hall–Kier alpha value is -1.22. The van der Waals surface area contributed by atoms with Crippen LogP contribution in [0.25, 0.3) is 0 Å². The van der Waals surface area contributed by atoms with Crippen LogP contribution in [-0.2, 0) is 13.0 Å². The summed E-state index contributed by atoms with van der Waals surface area (Å²) in [6.07, 6.45) is 2.69. The second-order valence-corrected chi connectivity index (χ2v) is 6.19. The fourth-order valence-corrected chi connectivity index (χ4v) is 2.80. The number of aliphatic imine (C=N–C) groups is 1. The van der Waals surface area contributed by atoms with Crippen molar-refractivity contribution < 1.29 is 0 Å². The van der Waals surface area contributed by atoms with Gasteiger partial charge in [0, 0.05) is 37.3 Å². The van der Waals surface area contributed by atoms with Gasteiger partial charge in [0.25, 0.3) is 0 Å². The van der Waals surface area contributed by atoms with E-state index in [1.807, 2.05) is 24.4 Å². The maximum Gasteiger partial charge on any atom is 0.191 e. The normalized spacial score (nSPS) is 11.2. The molecule has 0 amide bonds. The van der Waals surface area contributed by atoms with Gasteiger partial charge in [0.15, 0.2) is 5.96 Å². The van der Waals surface area contributed by atoms with Gasteiger partial charge in [-0.2, -0.15) is 0 Å². The number of aromatic nitrogens is 2. The smallest absolute Gasteiger partial charge is 0.191 e. The SMILES string of the molecule is CN=C(NCCc1ccccn1)NCc1nc(C(C)C)cs1.I. The van der Waals surface area contributed by atoms with Crippen LogP contribution in [0.1, 0.15) is 36.2 Å². The van der Waals surface area contributed by atoms with E-state index < -0.39 is 0 Å². The molecule has 0 aliphatic rings. The molecular formula is C16H24IN5S. The Morgan fingerprint density at radius 1 is 1.30 bits per heavy atom. The highest BCUT2D eigenvalue weighted by molar-refractivity contribution is 14.0. The summed E-state index contributed by atoms with van der Waals surface area (Å²) in [6.45, 7) is 5.81. The summed E-state index contributed by atoms with van der Waals surface area (Å²) < 4.78 is 0. The maximum atomic E-state index is 4.61. The van der Waals surface area contributed by atoms with Crippen molar-refractivity contribution in [2.24, 2.45) is 4.99 Å². The van der Waals surface area contributed by atoms with Crippen LogP contribution in [0.4, 0.5) is 0 Å². The van der Waals surface area contributed by atoms with Gasteiger partial charge in [-0.05, 0) is 18.1 Å². The van der Waals surface area contributed by atoms with E-state index in [0.717, 1.165) is 35.3 Å². The zero-order chi connectivity index (χ0) is 15.8. The predicted octanol–water partition coefficient (Wildman–Crippen LogP) is 3.19. The van der Waals surface area contributed by atoms with Gasteiger partial charge in [-0.3, -0.25) is 9.98 Å². The van der Waals surface area contributed by atoms with Crippen molar-refractivity contribution in [3.63, 3.8) is 0 Å². The number of rotatable bonds is 6. The van der Waals surface area contributed by atoms with Crippen LogP contribution in [0.3, 0.4) is 0 Å². The summed E-state index contributed by atoms with van der Waals surface area (Å²) >= 11 is 1.68. The summed E-state index contributed by atoms with van der Waals surface area (Å²) in [6, 6.07) is 5.96. The molecule has 0 fully saturated rings. The molecule has 23 heavy (non-hydrogen) atoms. The lowest BCUT2D eigenvalue weighted by Crippen LogP contribution is -2.37. The van der Waals surface area contributed by atoms with Crippen LogP contribution >= 0.6 is 35.3 Å². The molecule has 2 N–H and O–H groups in total. The van der Waals surface area contributed by atoms with E-state index in [-0.39, 0.29) is 24.0 Å². The van der Waals surface area contributed by atoms with E-state index in [1.54, 1.807) is 18.4 Å². The molecule has 0 radical (unpaired) electrons. The molecule has 2 aromatic rings. The van der Waals surface area contributed by atoms with Crippen molar-refractivity contribution in [3.05, 3.63) is 46.2 Å². The minimum absolute atomic E-state index is 0. The summed E-state index contributed by atoms with van der Waals surface area (Å²) in [5.74, 6) is 1.26. The monoisotopic (exact) mass is 445 g/mol. The molecule has 0 saturated heterocycles. The number of nitrogens with zero attached hydrogens (tertiary/aromatic N) is 3. The molecule has 5 nitrogen and oxygen atoms in total. The number of halogens is 1. The first-order valence-corrected chi connectivity index (χ1v) is 8.35. The summed E-state index contributed by atoms with van der Waals surface area (Å²) in [7, 11) is 1.78. The molecule has 0 saturated carbocycles. The van der Waals surface area contributed by atoms with Crippen LogP contribution in [0, 0.1) is 0 Å². The minimum atomic E-state index is 0. The fraction of sp³-hybridized carbons (Fsp3) is 0.438. The Morgan fingerprint density at radius 2 is 2.13 bits per heavy atom. The summed E-state index contributed by atoms with van der Waals surface area (Å²) in [4.78, 5) is 13.1. The molecule has 0 atom stereocenters. The molecule has 0 spiro atoms. The quantitative estimate of drug-likeness (QED) is 0.408. The third-order valence-corrected chi connectivity index (χ3v) is 4.06. The molecule has 2 heterocycles. The number of thiazole rings is 1. The molecule has 0 bridgehead atoms. The van der Waals surface area contributed by atoms with Gasteiger partial charge in [-0.15, -0.1) is 35.3 Å². The molecule has 7 heteroatoms. The fourth-order valence-electron chi connectivity index (χ4n) is 1.91. The zero-order valence-electron chi connectivity index (χ0n) is 13.7. The average Bonchev–Trinajstić information content (AvgIpc) is 3.01. The number of hydrogen-bond acceptors (Lipinski definition) is 4. The largest absolute Gasteiger partial charge is 0.356 e. The van der Waals surface area contributed by atoms with Crippen molar-refractivity contribution >= 4 is 41.3 Å². The summed E-state index contributed by atoms with van der Waals surface area (Å²) in [5.41, 5.74) is 2.23. The zero-order valence-corrected chi connectivity index (χ0v) is 16.9. The van der Waals surface area contributed by atoms with E-state index in [2.05, 4.69) is 44.8 Å². The van der Waals surface area contributed by atoms with Crippen LogP contribution in [0.15, 0.2) is 34.8 Å². The number of guanidine groups is 1. The first-order chi connectivity index (χ1) is 10.7. The Bertz CT molecular complexity index is 598. The van der Waals surface area contributed by atoms with E-state index >= 15 is 0 Å². The van der Waals surface area contributed by atoms with Crippen LogP contribution < -0.4 is 10.6 Å². The van der Waals surface area contributed by atoms with Gasteiger partial charge in [-0.1, -0.05) is 19.9 Å². The number of nitrogens with one attached hydrogen (secondary N) is 2. The lowest BCUT2D eigenvalue weighted by atomic mass is 10.2. The standard InChI is InChI=1S/C16H23N5S.HI/c1-12(2)14-11-22-15(21-14)10-20-16(17-3)19-9-7-13-6-4-5-8-18-13;/h4-6,8,11-12H,7,9-10H2,1-3H3,(H2,17,19,20);1H. The third kappa shape index (κ3) is 6.82. The summed E-state index contributed by atoms with van der Waals surface area (Å²) in [5, 5.41) is 9.79. The van der Waals surface area contributed by atoms with Gasteiger partial charge in [0.1, 0.15) is 5.01 Å². The lowest BCUT2D eigenvalue weighted by Gasteiger charge is -2.10. The molecular weight excluding hydrogens is 421 g/mol. The molecule has 0 aromatic carbocycles. The van der Waals surface area contributed by atoms with E-state index in [4.69, 9.17) is 0 Å². The van der Waals surface area contributed by atoms with Gasteiger partial charge in [-0.25, -0.2) is 4.98 Å². The second-order valence-electron chi connectivity index (χ2n) is 5.24. The first-order valence-electron chi connectivity index (χ1n) is 7.47. The molecule has 0 aliphatic heterocycles. The molecule has 0 unspecified atom stereocenters. The molecule has 126 valence electrons. The minimum Gasteiger partial charge on any atom is -0.356 e. The van der Waals surface area contributed by atoms with Crippen molar-refractivity contribution in [3.8, 4) is 0 Å². The highest BCUT2D eigenvalue weighted by Crippen LogP contribution is 2.17. The van der Waals surface area contributed by atoms with Gasteiger partial charge in [0.05, 0.1) is 12.2 Å². The van der Waals surface area contributed by atoms with Crippen molar-refractivity contribution in [2.75, 3.05) is 13.6 Å². The Kier molecular flexibility index (Phi) is 9.08. The highest BCUT2D eigenvalue weighted by Gasteiger charge is 2.06. The second kappa shape index (κ2) is 10.5. The molecule has 2 rings (SSSR count). The highest BCUT2D eigenvalue weighted by atomic mass is 127. The number of hydrogen-bond donors (Lipinski definition) is 2. The van der Waals surface area contributed by atoms with Crippen molar-refractivity contribution in [1.29, 1.82) is 0 Å². The Labute approximate surface area is 159 Å². The van der Waals surface area contributed by atoms with E-state index in [9.17, 15) is 0 Å². The van der Waals surface area contributed by atoms with Crippen molar-refractivity contribution in [2.45, 2.75) is 32.7 Å². The van der Waals surface area contributed by atoms with Gasteiger partial charge >= 0.3 is 0 Å². The van der Waals surface area contributed by atoms with E-state index in [0.29, 0.717) is 12.5 Å². The van der Waals surface area contributed by atoms with Crippen LogP contribution in [0.5, 0.6) is 0 Å².